The summed E-state index contributed by atoms with van der Waals surface area (Å²) < 4.78 is 0. The van der Waals surface area contributed by atoms with Crippen molar-refractivity contribution < 1.29 is 0 Å². The summed E-state index contributed by atoms with van der Waals surface area (Å²) in [4.78, 5) is 2.87. The molecule has 36 valence electrons. The summed E-state index contributed by atoms with van der Waals surface area (Å²) in [6, 6.07) is 0. The lowest BCUT2D eigenvalue weighted by Crippen LogP contribution is -1.63. The number of hydrogen-bond donors (Lipinski definition) is 1. The van der Waals surface area contributed by atoms with Crippen molar-refractivity contribution >= 4 is 0 Å². The molecule has 0 saturated carbocycles. The standard InChI is InChI=1S/C6H7N/c1-5-3-7-4-6(5)2/h3-4,7H,1-2H2. The molecule has 0 saturated heterocycles. The topological polar surface area (TPSA) is 15.8 Å². The molecule has 0 bridgehead atoms. The van der Waals surface area contributed by atoms with Gasteiger partial charge in [-0.1, -0.05) is 0 Å². The predicted molar refractivity (Wildman–Crippen MR) is 29.7 cm³/mol. The van der Waals surface area contributed by atoms with Gasteiger partial charge in [0.2, 0.25) is 0 Å². The zero-order valence-corrected chi connectivity index (χ0v) is 4.07. The molecule has 0 aliphatic carbocycles. The summed E-state index contributed by atoms with van der Waals surface area (Å²) in [7, 11) is 0. The quantitative estimate of drug-likeness (QED) is 0.498. The van der Waals surface area contributed by atoms with E-state index in [-0.39, 0.29) is 0 Å². The Morgan fingerprint density at radius 1 is 1.14 bits per heavy atom. The van der Waals surface area contributed by atoms with Crippen molar-refractivity contribution in [2.45, 2.75) is 0 Å². The maximum absolute atomic E-state index is 3.69. The Balaban J connectivity index is 3.12. The summed E-state index contributed by atoms with van der Waals surface area (Å²) in [6.07, 6.45) is 3.64. The van der Waals surface area contributed by atoms with Gasteiger partial charge in [-0.2, -0.15) is 0 Å². The Hall–Kier alpha value is -0.720. The molecule has 0 aliphatic rings. The molecule has 7 heavy (non-hydrogen) atoms. The normalized spacial score (nSPS) is 9.43. The van der Waals surface area contributed by atoms with Gasteiger partial charge < -0.3 is 4.98 Å². The summed E-state index contributed by atoms with van der Waals surface area (Å²) in [5.74, 6) is 0. The Kier molecular flexibility index (Phi) is 0.895. The van der Waals surface area contributed by atoms with E-state index in [2.05, 4.69) is 18.8 Å². The summed E-state index contributed by atoms with van der Waals surface area (Å²) in [6.45, 7) is 7.37. The highest BCUT2D eigenvalue weighted by atomic mass is 14.6. The zero-order valence-electron chi connectivity index (χ0n) is 4.07. The summed E-state index contributed by atoms with van der Waals surface area (Å²) in [5.41, 5.74) is 1.94. The van der Waals surface area contributed by atoms with Crippen molar-refractivity contribution in [2.75, 3.05) is 0 Å². The highest BCUT2D eigenvalue weighted by Crippen LogP contribution is 2.00. The van der Waals surface area contributed by atoms with E-state index in [1.807, 2.05) is 12.4 Å². The van der Waals surface area contributed by atoms with Crippen LogP contribution in [0.3, 0.4) is 0 Å². The third kappa shape index (κ3) is 0.660. The lowest BCUT2D eigenvalue weighted by Gasteiger charge is -1.78. The summed E-state index contributed by atoms with van der Waals surface area (Å²) >= 11 is 0. The highest BCUT2D eigenvalue weighted by molar-refractivity contribution is 5.27. The van der Waals surface area contributed by atoms with Crippen LogP contribution in [-0.4, -0.2) is 4.98 Å². The SMILES string of the molecule is [CH2]c1c[nH]cc1[CH2]. The molecule has 1 N–H and O–H groups in total. The number of rotatable bonds is 0. The van der Waals surface area contributed by atoms with Gasteiger partial charge in [-0.25, -0.2) is 0 Å². The number of H-pyrrole nitrogens is 1. The molecule has 0 amide bonds. The van der Waals surface area contributed by atoms with Crippen LogP contribution < -0.4 is 0 Å². The second-order valence-electron chi connectivity index (χ2n) is 1.51. The lowest BCUT2D eigenvalue weighted by atomic mass is 10.2. The van der Waals surface area contributed by atoms with Crippen LogP contribution in [0.4, 0.5) is 0 Å². The lowest BCUT2D eigenvalue weighted by molar-refractivity contribution is 1.40. The average molecular weight is 93.1 g/mol. The van der Waals surface area contributed by atoms with E-state index in [0.717, 1.165) is 11.1 Å². The van der Waals surface area contributed by atoms with Crippen molar-refractivity contribution in [1.29, 1.82) is 0 Å². The molecular weight excluding hydrogens is 86.1 g/mol. The molecule has 1 aromatic rings. The molecule has 2 radical (unpaired) electrons. The van der Waals surface area contributed by atoms with Crippen LogP contribution >= 0.6 is 0 Å². The van der Waals surface area contributed by atoms with Crippen molar-refractivity contribution in [2.24, 2.45) is 0 Å². The molecular formula is C6H7N. The van der Waals surface area contributed by atoms with Crippen LogP contribution in [-0.2, 0) is 0 Å². The summed E-state index contributed by atoms with van der Waals surface area (Å²) in [5, 5.41) is 0. The second kappa shape index (κ2) is 1.41. The first-order valence-corrected chi connectivity index (χ1v) is 2.11. The molecule has 1 rings (SSSR count). The molecule has 1 heteroatoms. The average Bonchev–Trinajstić information content (AvgIpc) is 1.91. The molecule has 1 heterocycles. The van der Waals surface area contributed by atoms with E-state index in [9.17, 15) is 0 Å². The van der Waals surface area contributed by atoms with E-state index < -0.39 is 0 Å². The van der Waals surface area contributed by atoms with Crippen molar-refractivity contribution in [3.63, 3.8) is 0 Å². The van der Waals surface area contributed by atoms with E-state index >= 15 is 0 Å². The third-order valence-corrected chi connectivity index (χ3v) is 0.928. The van der Waals surface area contributed by atoms with Gasteiger partial charge in [0.15, 0.2) is 0 Å². The van der Waals surface area contributed by atoms with E-state index in [1.165, 1.54) is 0 Å². The molecule has 0 unspecified atom stereocenters. The van der Waals surface area contributed by atoms with Crippen LogP contribution in [0.2, 0.25) is 0 Å². The predicted octanol–water partition coefficient (Wildman–Crippen LogP) is 1.38. The number of hydrogen-bond acceptors (Lipinski definition) is 0. The largest absolute Gasteiger partial charge is 0.367 e. The van der Waals surface area contributed by atoms with Crippen molar-refractivity contribution in [1.82, 2.24) is 4.98 Å². The van der Waals surface area contributed by atoms with Crippen molar-refractivity contribution in [3.05, 3.63) is 37.4 Å². The molecule has 0 atom stereocenters. The highest BCUT2D eigenvalue weighted by Gasteiger charge is 1.86. The van der Waals surface area contributed by atoms with Crippen LogP contribution in [0.15, 0.2) is 12.4 Å². The van der Waals surface area contributed by atoms with E-state index in [1.54, 1.807) is 0 Å². The molecule has 0 spiro atoms. The van der Waals surface area contributed by atoms with Crippen molar-refractivity contribution in [3.8, 4) is 0 Å². The molecule has 0 aliphatic heterocycles. The van der Waals surface area contributed by atoms with Crippen LogP contribution in [0.25, 0.3) is 0 Å². The minimum absolute atomic E-state index is 0.972. The van der Waals surface area contributed by atoms with Crippen LogP contribution in [0, 0.1) is 13.8 Å². The molecule has 0 aromatic carbocycles. The minimum atomic E-state index is 0.972. The maximum Gasteiger partial charge on any atom is 0.00403 e. The van der Waals surface area contributed by atoms with Crippen LogP contribution in [0.5, 0.6) is 0 Å². The smallest absolute Gasteiger partial charge is 0.00403 e. The van der Waals surface area contributed by atoms with Crippen LogP contribution in [0.1, 0.15) is 11.1 Å². The maximum atomic E-state index is 3.69. The first kappa shape index (κ1) is 4.44. The fourth-order valence-corrected chi connectivity index (χ4v) is 0.428. The van der Waals surface area contributed by atoms with E-state index in [4.69, 9.17) is 0 Å². The van der Waals surface area contributed by atoms with Gasteiger partial charge in [-0.15, -0.1) is 0 Å². The fourth-order valence-electron chi connectivity index (χ4n) is 0.428. The van der Waals surface area contributed by atoms with Gasteiger partial charge in [0, 0.05) is 12.4 Å². The Bertz CT molecular complexity index is 136. The minimum Gasteiger partial charge on any atom is -0.367 e. The van der Waals surface area contributed by atoms with Gasteiger partial charge in [0.25, 0.3) is 0 Å². The number of aromatic amines is 1. The molecule has 0 fully saturated rings. The number of aromatic nitrogens is 1. The third-order valence-electron chi connectivity index (χ3n) is 0.928. The second-order valence-corrected chi connectivity index (χ2v) is 1.51. The Morgan fingerprint density at radius 2 is 1.57 bits per heavy atom. The van der Waals surface area contributed by atoms with E-state index in [0.29, 0.717) is 0 Å². The first-order chi connectivity index (χ1) is 3.30. The first-order valence-electron chi connectivity index (χ1n) is 2.11. The molecule has 1 aromatic heterocycles. The van der Waals surface area contributed by atoms with Gasteiger partial charge >= 0.3 is 0 Å². The number of nitrogens with one attached hydrogen (secondary N) is 1. The Labute approximate surface area is 43.4 Å². The Morgan fingerprint density at radius 3 is 1.71 bits per heavy atom. The van der Waals surface area contributed by atoms with Gasteiger partial charge in [0.05, 0.1) is 0 Å². The molecule has 1 nitrogen and oxygen atoms in total. The fraction of sp³-hybridized carbons (Fsp3) is 0. The van der Waals surface area contributed by atoms with Gasteiger partial charge in [0.1, 0.15) is 0 Å². The van der Waals surface area contributed by atoms with Gasteiger partial charge in [-0.05, 0) is 25.0 Å². The zero-order chi connectivity index (χ0) is 5.28. The van der Waals surface area contributed by atoms with Gasteiger partial charge in [-0.3, -0.25) is 0 Å². The monoisotopic (exact) mass is 93.1 g/mol.